The van der Waals surface area contributed by atoms with E-state index in [4.69, 9.17) is 9.26 Å². The number of ether oxygens (including phenoxy) is 1. The molecular formula is C11H9NO2. The van der Waals surface area contributed by atoms with Gasteiger partial charge in [0.05, 0.1) is 19.4 Å². The molecule has 0 bridgehead atoms. The third-order valence-corrected chi connectivity index (χ3v) is 2.52. The summed E-state index contributed by atoms with van der Waals surface area (Å²) in [7, 11) is 0. The van der Waals surface area contributed by atoms with Gasteiger partial charge in [0.25, 0.3) is 0 Å². The minimum absolute atomic E-state index is 0.691. The second kappa shape index (κ2) is 2.96. The summed E-state index contributed by atoms with van der Waals surface area (Å²) < 4.78 is 10.2. The number of nitrogens with zero attached hydrogens (tertiary/aromatic N) is 1. The maximum Gasteiger partial charge on any atom is 0.131 e. The van der Waals surface area contributed by atoms with Crippen LogP contribution >= 0.6 is 0 Å². The third kappa shape index (κ3) is 1.06. The fraction of sp³-hybridized carbons (Fsp3) is 0.182. The lowest BCUT2D eigenvalue weighted by atomic mass is 10.00. The fourth-order valence-corrected chi connectivity index (χ4v) is 1.81. The van der Waals surface area contributed by atoms with Crippen LogP contribution in [0.25, 0.3) is 11.1 Å². The SMILES string of the molecule is c1cc2c(c(-c3cnoc3)c1)COC2. The van der Waals surface area contributed by atoms with Crippen LogP contribution in [0.15, 0.2) is 35.2 Å². The third-order valence-electron chi connectivity index (χ3n) is 2.52. The first-order valence-electron chi connectivity index (χ1n) is 4.53. The standard InChI is InChI=1S/C11H9NO2/c1-2-8-5-13-7-11(8)10(3-1)9-4-12-14-6-9/h1-4,6H,5,7H2. The van der Waals surface area contributed by atoms with Crippen molar-refractivity contribution in [1.82, 2.24) is 5.16 Å². The van der Waals surface area contributed by atoms with Crippen LogP contribution in [0.1, 0.15) is 11.1 Å². The van der Waals surface area contributed by atoms with E-state index in [0.29, 0.717) is 13.2 Å². The number of benzene rings is 1. The second-order valence-corrected chi connectivity index (χ2v) is 3.35. The van der Waals surface area contributed by atoms with Crippen LogP contribution in [-0.2, 0) is 18.0 Å². The molecule has 0 atom stereocenters. The Balaban J connectivity index is 2.20. The summed E-state index contributed by atoms with van der Waals surface area (Å²) in [5.74, 6) is 0. The first-order valence-corrected chi connectivity index (χ1v) is 4.53. The summed E-state index contributed by atoms with van der Waals surface area (Å²) in [5, 5.41) is 3.71. The van der Waals surface area contributed by atoms with Gasteiger partial charge in [-0.1, -0.05) is 23.4 Å². The zero-order valence-electron chi connectivity index (χ0n) is 7.56. The lowest BCUT2D eigenvalue weighted by Gasteiger charge is -2.02. The summed E-state index contributed by atoms with van der Waals surface area (Å²) in [5.41, 5.74) is 4.72. The minimum atomic E-state index is 0.691. The molecular weight excluding hydrogens is 178 g/mol. The van der Waals surface area contributed by atoms with Crippen molar-refractivity contribution in [3.8, 4) is 11.1 Å². The molecule has 0 unspecified atom stereocenters. The second-order valence-electron chi connectivity index (χ2n) is 3.35. The predicted octanol–water partition coefficient (Wildman–Crippen LogP) is 2.37. The van der Waals surface area contributed by atoms with Crippen molar-refractivity contribution in [3.05, 3.63) is 41.8 Å². The van der Waals surface area contributed by atoms with Gasteiger partial charge in [0, 0.05) is 5.56 Å². The molecule has 3 nitrogen and oxygen atoms in total. The fourth-order valence-electron chi connectivity index (χ4n) is 1.81. The van der Waals surface area contributed by atoms with Crippen molar-refractivity contribution in [1.29, 1.82) is 0 Å². The van der Waals surface area contributed by atoms with Crippen molar-refractivity contribution in [2.45, 2.75) is 13.2 Å². The highest BCUT2D eigenvalue weighted by Crippen LogP contribution is 2.30. The molecule has 1 aliphatic rings. The average molecular weight is 187 g/mol. The maximum absolute atomic E-state index is 5.40. The molecule has 0 saturated heterocycles. The first-order chi connectivity index (χ1) is 6.95. The van der Waals surface area contributed by atoms with Crippen LogP contribution in [0, 0.1) is 0 Å². The molecule has 0 fully saturated rings. The Bertz CT molecular complexity index is 448. The molecule has 2 heterocycles. The van der Waals surface area contributed by atoms with Gasteiger partial charge >= 0.3 is 0 Å². The highest BCUT2D eigenvalue weighted by Gasteiger charge is 2.16. The van der Waals surface area contributed by atoms with Gasteiger partial charge in [0.1, 0.15) is 6.26 Å². The molecule has 3 rings (SSSR count). The van der Waals surface area contributed by atoms with Gasteiger partial charge in [-0.25, -0.2) is 0 Å². The van der Waals surface area contributed by atoms with Crippen molar-refractivity contribution in [2.75, 3.05) is 0 Å². The van der Waals surface area contributed by atoms with Gasteiger partial charge in [0.15, 0.2) is 0 Å². The lowest BCUT2D eigenvalue weighted by Crippen LogP contribution is -1.86. The number of rotatable bonds is 1. The summed E-state index contributed by atoms with van der Waals surface area (Å²) in [6.07, 6.45) is 3.39. The number of hydrogen-bond donors (Lipinski definition) is 0. The van der Waals surface area contributed by atoms with Crippen LogP contribution in [-0.4, -0.2) is 5.16 Å². The number of fused-ring (bicyclic) bond motifs is 1. The molecule has 0 radical (unpaired) electrons. The topological polar surface area (TPSA) is 35.3 Å². The van der Waals surface area contributed by atoms with Crippen LogP contribution in [0.2, 0.25) is 0 Å². The van der Waals surface area contributed by atoms with E-state index in [9.17, 15) is 0 Å². The quantitative estimate of drug-likeness (QED) is 0.687. The van der Waals surface area contributed by atoms with Crippen molar-refractivity contribution in [2.24, 2.45) is 0 Å². The highest BCUT2D eigenvalue weighted by molar-refractivity contribution is 5.67. The van der Waals surface area contributed by atoms with Crippen molar-refractivity contribution in [3.63, 3.8) is 0 Å². The zero-order chi connectivity index (χ0) is 9.38. The molecule has 2 aromatic rings. The summed E-state index contributed by atoms with van der Waals surface area (Å²) in [6, 6.07) is 6.20. The monoisotopic (exact) mass is 187 g/mol. The molecule has 0 N–H and O–H groups in total. The van der Waals surface area contributed by atoms with Crippen molar-refractivity contribution < 1.29 is 9.26 Å². The summed E-state index contributed by atoms with van der Waals surface area (Å²) in [4.78, 5) is 0. The van der Waals surface area contributed by atoms with Gasteiger partial charge < -0.3 is 9.26 Å². The summed E-state index contributed by atoms with van der Waals surface area (Å²) >= 11 is 0. The smallest absolute Gasteiger partial charge is 0.131 e. The van der Waals surface area contributed by atoms with Gasteiger partial charge in [-0.3, -0.25) is 0 Å². The van der Waals surface area contributed by atoms with E-state index in [0.717, 1.165) is 5.56 Å². The van der Waals surface area contributed by atoms with E-state index in [-0.39, 0.29) is 0 Å². The zero-order valence-corrected chi connectivity index (χ0v) is 7.56. The molecule has 0 aliphatic carbocycles. The molecule has 0 amide bonds. The Labute approximate surface area is 81.3 Å². The average Bonchev–Trinajstić information content (AvgIpc) is 2.88. The first kappa shape index (κ1) is 7.76. The highest BCUT2D eigenvalue weighted by atomic mass is 16.5. The van der Waals surface area contributed by atoms with Gasteiger partial charge in [0.2, 0.25) is 0 Å². The van der Waals surface area contributed by atoms with Gasteiger partial charge in [-0.2, -0.15) is 0 Å². The number of hydrogen-bond acceptors (Lipinski definition) is 3. The van der Waals surface area contributed by atoms with E-state index in [1.165, 1.54) is 16.7 Å². The Kier molecular flexibility index (Phi) is 1.64. The van der Waals surface area contributed by atoms with Crippen LogP contribution in [0.5, 0.6) is 0 Å². The molecule has 14 heavy (non-hydrogen) atoms. The molecule has 1 aliphatic heterocycles. The minimum Gasteiger partial charge on any atom is -0.372 e. The Morgan fingerprint density at radius 3 is 3.07 bits per heavy atom. The Morgan fingerprint density at radius 1 is 1.21 bits per heavy atom. The molecule has 3 heteroatoms. The van der Waals surface area contributed by atoms with Gasteiger partial charge in [-0.15, -0.1) is 0 Å². The Hall–Kier alpha value is -1.61. The molecule has 0 saturated carbocycles. The van der Waals surface area contributed by atoms with Crippen LogP contribution in [0.4, 0.5) is 0 Å². The number of aromatic nitrogens is 1. The molecule has 70 valence electrons. The molecule has 0 spiro atoms. The van der Waals surface area contributed by atoms with Crippen LogP contribution in [0.3, 0.4) is 0 Å². The van der Waals surface area contributed by atoms with E-state index >= 15 is 0 Å². The van der Waals surface area contributed by atoms with E-state index in [2.05, 4.69) is 17.3 Å². The van der Waals surface area contributed by atoms with Crippen molar-refractivity contribution >= 4 is 0 Å². The normalized spacial score (nSPS) is 14.3. The molecule has 1 aromatic heterocycles. The lowest BCUT2D eigenvalue weighted by molar-refractivity contribution is 0.134. The maximum atomic E-state index is 5.40. The molecule has 1 aromatic carbocycles. The Morgan fingerprint density at radius 2 is 2.21 bits per heavy atom. The van der Waals surface area contributed by atoms with Gasteiger partial charge in [-0.05, 0) is 16.7 Å². The summed E-state index contributed by atoms with van der Waals surface area (Å²) in [6.45, 7) is 1.41. The largest absolute Gasteiger partial charge is 0.372 e. The van der Waals surface area contributed by atoms with E-state index in [1.54, 1.807) is 12.5 Å². The predicted molar refractivity (Wildman–Crippen MR) is 50.4 cm³/mol. The van der Waals surface area contributed by atoms with E-state index in [1.807, 2.05) is 6.07 Å². The van der Waals surface area contributed by atoms with E-state index < -0.39 is 0 Å². The van der Waals surface area contributed by atoms with Crippen LogP contribution < -0.4 is 0 Å².